The molecular formula is C14H22N2O. The lowest BCUT2D eigenvalue weighted by Gasteiger charge is -2.27. The third-order valence-corrected chi connectivity index (χ3v) is 3.35. The van der Waals surface area contributed by atoms with Crippen molar-refractivity contribution in [1.29, 1.82) is 0 Å². The standard InChI is InChI=1S/C14H22N2O/c1-3-13-5-4-12(10-14(13)17-2)11-16-8-6-15-7-9-16/h4-5,10,15H,3,6-9,11H2,1-2H3. The summed E-state index contributed by atoms with van der Waals surface area (Å²) in [5, 5.41) is 3.37. The molecule has 1 aromatic carbocycles. The van der Waals surface area contributed by atoms with Crippen LogP contribution in [0, 0.1) is 0 Å². The first-order valence-corrected chi connectivity index (χ1v) is 6.42. The number of nitrogens with one attached hydrogen (secondary N) is 1. The van der Waals surface area contributed by atoms with Gasteiger partial charge in [0.15, 0.2) is 0 Å². The van der Waals surface area contributed by atoms with E-state index in [4.69, 9.17) is 4.74 Å². The Morgan fingerprint density at radius 1 is 1.29 bits per heavy atom. The largest absolute Gasteiger partial charge is 0.496 e. The van der Waals surface area contributed by atoms with Gasteiger partial charge in [-0.1, -0.05) is 19.1 Å². The van der Waals surface area contributed by atoms with Crippen LogP contribution >= 0.6 is 0 Å². The van der Waals surface area contributed by atoms with Gasteiger partial charge in [-0.3, -0.25) is 4.90 Å². The molecule has 1 N–H and O–H groups in total. The maximum atomic E-state index is 5.44. The second-order valence-electron chi connectivity index (χ2n) is 4.53. The number of benzene rings is 1. The van der Waals surface area contributed by atoms with Crippen molar-refractivity contribution in [2.45, 2.75) is 19.9 Å². The Morgan fingerprint density at radius 2 is 2.06 bits per heavy atom. The predicted molar refractivity (Wildman–Crippen MR) is 70.5 cm³/mol. The van der Waals surface area contributed by atoms with E-state index < -0.39 is 0 Å². The lowest BCUT2D eigenvalue weighted by Crippen LogP contribution is -2.42. The molecule has 0 amide bonds. The van der Waals surface area contributed by atoms with E-state index in [9.17, 15) is 0 Å². The number of hydrogen-bond donors (Lipinski definition) is 1. The average Bonchev–Trinajstić information content (AvgIpc) is 2.40. The summed E-state index contributed by atoms with van der Waals surface area (Å²) >= 11 is 0. The first-order valence-electron chi connectivity index (χ1n) is 6.42. The Balaban J connectivity index is 2.05. The summed E-state index contributed by atoms with van der Waals surface area (Å²) in [5.41, 5.74) is 2.64. The summed E-state index contributed by atoms with van der Waals surface area (Å²) in [4.78, 5) is 2.48. The molecule has 0 spiro atoms. The summed E-state index contributed by atoms with van der Waals surface area (Å²) in [6, 6.07) is 6.60. The molecule has 1 aliphatic heterocycles. The van der Waals surface area contributed by atoms with E-state index >= 15 is 0 Å². The van der Waals surface area contributed by atoms with Gasteiger partial charge in [-0.2, -0.15) is 0 Å². The average molecular weight is 234 g/mol. The van der Waals surface area contributed by atoms with Crippen molar-refractivity contribution in [1.82, 2.24) is 10.2 Å². The molecule has 1 heterocycles. The van der Waals surface area contributed by atoms with Gasteiger partial charge in [0.1, 0.15) is 5.75 Å². The number of aryl methyl sites for hydroxylation is 1. The summed E-state index contributed by atoms with van der Waals surface area (Å²) in [6.07, 6.45) is 1.02. The highest BCUT2D eigenvalue weighted by Crippen LogP contribution is 2.21. The van der Waals surface area contributed by atoms with Crippen molar-refractivity contribution in [2.24, 2.45) is 0 Å². The molecule has 0 unspecified atom stereocenters. The lowest BCUT2D eigenvalue weighted by atomic mass is 10.1. The van der Waals surface area contributed by atoms with Crippen molar-refractivity contribution in [2.75, 3.05) is 33.3 Å². The minimum absolute atomic E-state index is 1.02. The molecule has 0 bridgehead atoms. The summed E-state index contributed by atoms with van der Waals surface area (Å²) in [7, 11) is 1.75. The minimum atomic E-state index is 1.02. The molecule has 1 aliphatic rings. The van der Waals surface area contributed by atoms with Crippen LogP contribution < -0.4 is 10.1 Å². The van der Waals surface area contributed by atoms with Gasteiger partial charge in [0, 0.05) is 32.7 Å². The zero-order chi connectivity index (χ0) is 12.1. The minimum Gasteiger partial charge on any atom is -0.496 e. The molecule has 0 atom stereocenters. The Morgan fingerprint density at radius 3 is 2.71 bits per heavy atom. The molecule has 0 aromatic heterocycles. The zero-order valence-corrected chi connectivity index (χ0v) is 10.8. The van der Waals surface area contributed by atoms with E-state index in [-0.39, 0.29) is 0 Å². The van der Waals surface area contributed by atoms with Crippen molar-refractivity contribution in [3.63, 3.8) is 0 Å². The normalized spacial score (nSPS) is 17.1. The number of methoxy groups -OCH3 is 1. The first kappa shape index (κ1) is 12.4. The summed E-state index contributed by atoms with van der Waals surface area (Å²) < 4.78 is 5.44. The van der Waals surface area contributed by atoms with Gasteiger partial charge in [-0.05, 0) is 23.6 Å². The van der Waals surface area contributed by atoms with Gasteiger partial charge in [0.2, 0.25) is 0 Å². The van der Waals surface area contributed by atoms with Gasteiger partial charge in [0.05, 0.1) is 7.11 Å². The van der Waals surface area contributed by atoms with E-state index in [1.807, 2.05) is 0 Å². The molecular weight excluding hydrogens is 212 g/mol. The monoisotopic (exact) mass is 234 g/mol. The van der Waals surface area contributed by atoms with E-state index in [1.165, 1.54) is 11.1 Å². The summed E-state index contributed by atoms with van der Waals surface area (Å²) in [6.45, 7) is 7.67. The summed E-state index contributed by atoms with van der Waals surface area (Å²) in [5.74, 6) is 1.03. The van der Waals surface area contributed by atoms with Crippen LogP contribution in [-0.2, 0) is 13.0 Å². The fourth-order valence-electron chi connectivity index (χ4n) is 2.31. The smallest absolute Gasteiger partial charge is 0.122 e. The number of nitrogens with zero attached hydrogens (tertiary/aromatic N) is 1. The third kappa shape index (κ3) is 3.20. The molecule has 17 heavy (non-hydrogen) atoms. The number of hydrogen-bond acceptors (Lipinski definition) is 3. The first-order chi connectivity index (χ1) is 8.33. The highest BCUT2D eigenvalue weighted by atomic mass is 16.5. The molecule has 3 nitrogen and oxygen atoms in total. The van der Waals surface area contributed by atoms with Crippen LogP contribution in [0.15, 0.2) is 18.2 Å². The lowest BCUT2D eigenvalue weighted by molar-refractivity contribution is 0.233. The highest BCUT2D eigenvalue weighted by Gasteiger charge is 2.11. The molecule has 3 heteroatoms. The van der Waals surface area contributed by atoms with Crippen molar-refractivity contribution in [3.05, 3.63) is 29.3 Å². The van der Waals surface area contributed by atoms with Crippen LogP contribution in [0.5, 0.6) is 5.75 Å². The Kier molecular flexibility index (Phi) is 4.40. The van der Waals surface area contributed by atoms with Crippen molar-refractivity contribution < 1.29 is 4.74 Å². The molecule has 1 aromatic rings. The number of rotatable bonds is 4. The van der Waals surface area contributed by atoms with Crippen LogP contribution in [-0.4, -0.2) is 38.2 Å². The predicted octanol–water partition coefficient (Wildman–Crippen LogP) is 1.66. The maximum Gasteiger partial charge on any atom is 0.122 e. The molecule has 0 radical (unpaired) electrons. The van der Waals surface area contributed by atoms with E-state index in [2.05, 4.69) is 35.3 Å². The van der Waals surface area contributed by atoms with Crippen LogP contribution in [0.3, 0.4) is 0 Å². The molecule has 1 fully saturated rings. The Hall–Kier alpha value is -1.06. The Bertz CT molecular complexity index is 359. The van der Waals surface area contributed by atoms with Crippen LogP contribution in [0.1, 0.15) is 18.1 Å². The van der Waals surface area contributed by atoms with Crippen LogP contribution in [0.2, 0.25) is 0 Å². The second kappa shape index (κ2) is 6.03. The van der Waals surface area contributed by atoms with Crippen LogP contribution in [0.25, 0.3) is 0 Å². The van der Waals surface area contributed by atoms with Gasteiger partial charge in [-0.15, -0.1) is 0 Å². The van der Waals surface area contributed by atoms with Gasteiger partial charge < -0.3 is 10.1 Å². The van der Waals surface area contributed by atoms with E-state index in [0.717, 1.165) is 44.9 Å². The van der Waals surface area contributed by atoms with Crippen molar-refractivity contribution >= 4 is 0 Å². The van der Waals surface area contributed by atoms with E-state index in [1.54, 1.807) is 7.11 Å². The number of piperazine rings is 1. The second-order valence-corrected chi connectivity index (χ2v) is 4.53. The van der Waals surface area contributed by atoms with Crippen molar-refractivity contribution in [3.8, 4) is 5.75 Å². The fraction of sp³-hybridized carbons (Fsp3) is 0.571. The maximum absolute atomic E-state index is 5.44. The van der Waals surface area contributed by atoms with Crippen LogP contribution in [0.4, 0.5) is 0 Å². The Labute approximate surface area is 104 Å². The SMILES string of the molecule is CCc1ccc(CN2CCNCC2)cc1OC. The molecule has 94 valence electrons. The van der Waals surface area contributed by atoms with Gasteiger partial charge >= 0.3 is 0 Å². The topological polar surface area (TPSA) is 24.5 Å². The molecule has 0 saturated carbocycles. The third-order valence-electron chi connectivity index (χ3n) is 3.35. The fourth-order valence-corrected chi connectivity index (χ4v) is 2.31. The molecule has 0 aliphatic carbocycles. The van der Waals surface area contributed by atoms with Gasteiger partial charge in [0.25, 0.3) is 0 Å². The van der Waals surface area contributed by atoms with Gasteiger partial charge in [-0.25, -0.2) is 0 Å². The highest BCUT2D eigenvalue weighted by molar-refractivity contribution is 5.37. The quantitative estimate of drug-likeness (QED) is 0.857. The molecule has 1 saturated heterocycles. The number of ether oxygens (including phenoxy) is 1. The van der Waals surface area contributed by atoms with E-state index in [0.29, 0.717) is 0 Å². The zero-order valence-electron chi connectivity index (χ0n) is 10.8. The molecule has 2 rings (SSSR count).